The molecule has 1 rings (SSSR count). The van der Waals surface area contributed by atoms with E-state index >= 15 is 0 Å². The molecular weight excluding hydrogens is 314 g/mol. The minimum absolute atomic E-state index is 0.338. The van der Waals surface area contributed by atoms with Crippen LogP contribution in [0.2, 0.25) is 0 Å². The van der Waals surface area contributed by atoms with Gasteiger partial charge in [0.1, 0.15) is 9.52 Å². The molecule has 0 fully saturated rings. The van der Waals surface area contributed by atoms with Crippen LogP contribution in [0.25, 0.3) is 0 Å². The van der Waals surface area contributed by atoms with Crippen molar-refractivity contribution < 1.29 is 23.1 Å². The van der Waals surface area contributed by atoms with Gasteiger partial charge < -0.3 is 5.11 Å². The Morgan fingerprint density at radius 1 is 1.57 bits per heavy atom. The zero-order valence-electron chi connectivity index (χ0n) is 6.47. The number of hydrogen-bond acceptors (Lipinski definition) is 2. The zero-order chi connectivity index (χ0) is 10.9. The monoisotopic (exact) mass is 317 g/mol. The van der Waals surface area contributed by atoms with Crippen molar-refractivity contribution in [2.75, 3.05) is 0 Å². The molecule has 1 aromatic rings. The second kappa shape index (κ2) is 4.11. The van der Waals surface area contributed by atoms with Crippen LogP contribution >= 0.6 is 22.6 Å². The molecule has 0 amide bonds. The predicted octanol–water partition coefficient (Wildman–Crippen LogP) is 2.46. The Bertz CT molecular complexity index is 360. The number of carbonyl (C=O) groups is 1. The van der Waals surface area contributed by atoms with Crippen molar-refractivity contribution in [2.45, 2.75) is 6.43 Å². The van der Waals surface area contributed by atoms with E-state index in [-0.39, 0.29) is 3.70 Å². The van der Waals surface area contributed by atoms with Crippen LogP contribution in [-0.2, 0) is 0 Å². The normalized spacial score (nSPS) is 10.6. The summed E-state index contributed by atoms with van der Waals surface area (Å²) in [4.78, 5) is 13.7. The van der Waals surface area contributed by atoms with Gasteiger partial charge in [-0.3, -0.25) is 0 Å². The lowest BCUT2D eigenvalue weighted by molar-refractivity contribution is 0.0688. The maximum Gasteiger partial charge on any atom is 0.354 e. The maximum absolute atomic E-state index is 12.9. The van der Waals surface area contributed by atoms with E-state index in [0.717, 1.165) is 0 Å². The average molecular weight is 317 g/mol. The summed E-state index contributed by atoms with van der Waals surface area (Å²) in [5.41, 5.74) is -1.45. The van der Waals surface area contributed by atoms with Crippen LogP contribution in [0.3, 0.4) is 0 Å². The lowest BCUT2D eigenvalue weighted by atomic mass is 10.2. The van der Waals surface area contributed by atoms with Crippen LogP contribution in [0.15, 0.2) is 6.07 Å². The molecule has 7 heteroatoms. The summed E-state index contributed by atoms with van der Waals surface area (Å²) in [5.74, 6) is -2.71. The van der Waals surface area contributed by atoms with Gasteiger partial charge in [-0.2, -0.15) is 0 Å². The Balaban J connectivity index is 3.32. The van der Waals surface area contributed by atoms with Crippen molar-refractivity contribution in [1.29, 1.82) is 0 Å². The largest absolute Gasteiger partial charge is 0.477 e. The van der Waals surface area contributed by atoms with Crippen molar-refractivity contribution in [3.05, 3.63) is 26.8 Å². The van der Waals surface area contributed by atoms with Crippen LogP contribution in [0.4, 0.5) is 13.2 Å². The Labute approximate surface area is 90.1 Å². The topological polar surface area (TPSA) is 50.2 Å². The highest BCUT2D eigenvalue weighted by atomic mass is 127. The Hall–Kier alpha value is -0.860. The molecule has 1 N–H and O–H groups in total. The van der Waals surface area contributed by atoms with Crippen LogP contribution in [0, 0.1) is 9.52 Å². The zero-order valence-corrected chi connectivity index (χ0v) is 8.63. The van der Waals surface area contributed by atoms with Gasteiger partial charge in [0.25, 0.3) is 6.43 Å². The molecule has 14 heavy (non-hydrogen) atoms. The Morgan fingerprint density at radius 3 is 2.50 bits per heavy atom. The molecule has 0 radical (unpaired) electrons. The summed E-state index contributed by atoms with van der Waals surface area (Å²) < 4.78 is 37.0. The number of pyridine rings is 1. The van der Waals surface area contributed by atoms with Crippen LogP contribution < -0.4 is 0 Å². The molecule has 0 aromatic carbocycles. The first-order valence-corrected chi connectivity index (χ1v) is 4.38. The number of halogens is 4. The lowest BCUT2D eigenvalue weighted by Crippen LogP contribution is -2.07. The highest BCUT2D eigenvalue weighted by Crippen LogP contribution is 2.26. The van der Waals surface area contributed by atoms with Crippen molar-refractivity contribution in [2.24, 2.45) is 0 Å². The van der Waals surface area contributed by atoms with Gasteiger partial charge in [-0.15, -0.1) is 0 Å². The fraction of sp³-hybridized carbons (Fsp3) is 0.143. The van der Waals surface area contributed by atoms with Gasteiger partial charge >= 0.3 is 5.97 Å². The molecule has 0 saturated heterocycles. The minimum Gasteiger partial charge on any atom is -0.477 e. The first-order chi connectivity index (χ1) is 6.43. The van der Waals surface area contributed by atoms with Crippen LogP contribution in [0.5, 0.6) is 0 Å². The van der Waals surface area contributed by atoms with Gasteiger partial charge in [-0.05, 0) is 22.6 Å². The summed E-state index contributed by atoms with van der Waals surface area (Å²) >= 11 is 1.37. The van der Waals surface area contributed by atoms with Crippen LogP contribution in [-0.4, -0.2) is 16.1 Å². The third-order valence-corrected chi connectivity index (χ3v) is 2.22. The average Bonchev–Trinajstić information content (AvgIpc) is 2.01. The van der Waals surface area contributed by atoms with E-state index in [0.29, 0.717) is 6.07 Å². The number of alkyl halides is 2. The first-order valence-electron chi connectivity index (χ1n) is 3.31. The van der Waals surface area contributed by atoms with Crippen molar-refractivity contribution >= 4 is 28.6 Å². The summed E-state index contributed by atoms with van der Waals surface area (Å²) in [5, 5.41) is 8.44. The van der Waals surface area contributed by atoms with Crippen molar-refractivity contribution in [3.63, 3.8) is 0 Å². The van der Waals surface area contributed by atoms with Gasteiger partial charge in [-0.1, -0.05) is 0 Å². The molecule has 0 atom stereocenters. The Morgan fingerprint density at radius 2 is 2.14 bits per heavy atom. The molecule has 3 nitrogen and oxygen atoms in total. The quantitative estimate of drug-likeness (QED) is 0.673. The van der Waals surface area contributed by atoms with E-state index in [9.17, 15) is 18.0 Å². The summed E-state index contributed by atoms with van der Waals surface area (Å²) in [6.07, 6.45) is -3.00. The molecule has 0 bridgehead atoms. The molecule has 0 aliphatic carbocycles. The molecule has 1 aromatic heterocycles. The number of aromatic carboxylic acids is 1. The first kappa shape index (κ1) is 11.2. The van der Waals surface area contributed by atoms with Crippen molar-refractivity contribution in [1.82, 2.24) is 4.98 Å². The Kier molecular flexibility index (Phi) is 3.29. The molecule has 0 spiro atoms. The molecule has 0 saturated carbocycles. The second-order valence-electron chi connectivity index (χ2n) is 2.30. The maximum atomic E-state index is 12.9. The third-order valence-electron chi connectivity index (χ3n) is 1.40. The van der Waals surface area contributed by atoms with Gasteiger partial charge in [0.2, 0.25) is 0 Å². The van der Waals surface area contributed by atoms with Gasteiger partial charge in [0.05, 0.1) is 5.56 Å². The van der Waals surface area contributed by atoms with E-state index < -0.39 is 29.5 Å². The smallest absolute Gasteiger partial charge is 0.354 e. The van der Waals surface area contributed by atoms with Crippen molar-refractivity contribution in [3.8, 4) is 0 Å². The van der Waals surface area contributed by atoms with E-state index in [1.165, 1.54) is 22.6 Å². The third kappa shape index (κ3) is 2.14. The number of carboxylic acid groups (broad SMARTS) is 1. The van der Waals surface area contributed by atoms with E-state index in [2.05, 4.69) is 4.98 Å². The van der Waals surface area contributed by atoms with E-state index in [1.54, 1.807) is 0 Å². The fourth-order valence-corrected chi connectivity index (χ4v) is 1.55. The number of aromatic nitrogens is 1. The van der Waals surface area contributed by atoms with Crippen LogP contribution in [0.1, 0.15) is 22.5 Å². The molecule has 0 aliphatic rings. The highest BCUT2D eigenvalue weighted by Gasteiger charge is 2.21. The number of hydrogen-bond donors (Lipinski definition) is 1. The molecule has 0 aliphatic heterocycles. The number of carboxylic acids is 1. The SMILES string of the molecule is O=C(O)c1cc(F)c(C(F)F)c(I)n1. The number of nitrogens with zero attached hydrogens (tertiary/aromatic N) is 1. The molecule has 1 heterocycles. The minimum atomic E-state index is -3.00. The second-order valence-corrected chi connectivity index (χ2v) is 3.32. The fourth-order valence-electron chi connectivity index (χ4n) is 0.798. The summed E-state index contributed by atoms with van der Waals surface area (Å²) in [7, 11) is 0. The summed E-state index contributed by atoms with van der Waals surface area (Å²) in [6.45, 7) is 0. The lowest BCUT2D eigenvalue weighted by Gasteiger charge is -2.04. The predicted molar refractivity (Wildman–Crippen MR) is 48.8 cm³/mol. The standard InChI is InChI=1S/C7H3F3INO2/c8-2-1-3(7(13)14)12-6(11)4(2)5(9)10/h1,5H,(H,13,14). The summed E-state index contributed by atoms with van der Waals surface area (Å²) in [6, 6.07) is 0.478. The van der Waals surface area contributed by atoms with Gasteiger partial charge in [-0.25, -0.2) is 22.9 Å². The van der Waals surface area contributed by atoms with E-state index in [1.807, 2.05) is 0 Å². The number of rotatable bonds is 2. The molecule has 0 unspecified atom stereocenters. The van der Waals surface area contributed by atoms with Gasteiger partial charge in [0, 0.05) is 6.07 Å². The molecule has 76 valence electrons. The van der Waals surface area contributed by atoms with E-state index in [4.69, 9.17) is 5.11 Å². The highest BCUT2D eigenvalue weighted by molar-refractivity contribution is 14.1. The molecular formula is C7H3F3INO2. The van der Waals surface area contributed by atoms with Gasteiger partial charge in [0.15, 0.2) is 5.69 Å².